The number of hydrogen-bond donors (Lipinski definition) is 2. The highest BCUT2D eigenvalue weighted by atomic mass is 19.4. The maximum absolute atomic E-state index is 13.5. The number of rotatable bonds is 6. The molecule has 0 radical (unpaired) electrons. The molecule has 0 atom stereocenters. The number of nitrogens with one attached hydrogen (secondary N) is 2. The summed E-state index contributed by atoms with van der Waals surface area (Å²) in [6.07, 6.45) is -9.64. The van der Waals surface area contributed by atoms with Gasteiger partial charge in [-0.3, -0.25) is 9.36 Å². The van der Waals surface area contributed by atoms with Crippen LogP contribution in [0.4, 0.5) is 35.1 Å². The zero-order chi connectivity index (χ0) is 23.1. The number of hydrogen-bond acceptors (Lipinski definition) is 5. The van der Waals surface area contributed by atoms with Gasteiger partial charge in [0.1, 0.15) is 0 Å². The molecule has 2 heterocycles. The largest absolute Gasteiger partial charge is 0.481 e. The number of aromatic nitrogens is 3. The first kappa shape index (κ1) is 23.2. The monoisotopic (exact) mass is 447 g/mol. The van der Waals surface area contributed by atoms with Crippen molar-refractivity contribution in [1.29, 1.82) is 5.41 Å². The highest BCUT2D eigenvalue weighted by molar-refractivity contribution is 6.08. The molecule has 0 bridgehead atoms. The van der Waals surface area contributed by atoms with Crippen molar-refractivity contribution >= 4 is 17.6 Å². The van der Waals surface area contributed by atoms with E-state index in [2.05, 4.69) is 4.98 Å². The van der Waals surface area contributed by atoms with Crippen molar-refractivity contribution in [2.24, 2.45) is 7.05 Å². The summed E-state index contributed by atoms with van der Waals surface area (Å²) < 4.78 is 110. The molecule has 0 aliphatic rings. The molecule has 0 fully saturated rings. The number of halogens is 8. The Morgan fingerprint density at radius 3 is 2.30 bits per heavy atom. The van der Waals surface area contributed by atoms with Crippen LogP contribution in [0.15, 0.2) is 17.2 Å². The van der Waals surface area contributed by atoms with Gasteiger partial charge in [-0.1, -0.05) is 0 Å². The van der Waals surface area contributed by atoms with Gasteiger partial charge in [-0.15, -0.1) is 0 Å². The number of ether oxygens (including phenoxy) is 1. The van der Waals surface area contributed by atoms with Crippen LogP contribution in [0.3, 0.4) is 0 Å². The van der Waals surface area contributed by atoms with Crippen LogP contribution < -0.4 is 15.6 Å². The Kier molecular flexibility index (Phi) is 5.87. The van der Waals surface area contributed by atoms with E-state index in [-0.39, 0.29) is 18.3 Å². The number of allylic oxidation sites excluding steroid dienone is 1. The van der Waals surface area contributed by atoms with E-state index in [1.807, 2.05) is 0 Å². The molecule has 2 N–H and O–H groups in total. The molecule has 30 heavy (non-hydrogen) atoms. The summed E-state index contributed by atoms with van der Waals surface area (Å²) in [6.45, 7) is -2.02. The second-order valence-electron chi connectivity index (χ2n) is 5.87. The molecular formula is C15H13F8N5O2. The number of aryl methyl sites for hydroxylation is 1. The molecule has 2 aromatic heterocycles. The molecule has 2 aromatic rings. The molecule has 2 rings (SSSR count). The first-order chi connectivity index (χ1) is 13.7. The second kappa shape index (κ2) is 7.60. The lowest BCUT2D eigenvalue weighted by molar-refractivity contribution is -0.278. The van der Waals surface area contributed by atoms with E-state index in [9.17, 15) is 39.9 Å². The maximum Gasteiger partial charge on any atom is 0.455 e. The minimum absolute atomic E-state index is 0.0480. The molecule has 0 aromatic carbocycles. The van der Waals surface area contributed by atoms with E-state index in [0.29, 0.717) is 4.40 Å². The summed E-state index contributed by atoms with van der Waals surface area (Å²) in [5, 5.41) is 8.73. The van der Waals surface area contributed by atoms with Crippen molar-refractivity contribution in [3.8, 4) is 5.88 Å². The Bertz CT molecular complexity index is 1050. The summed E-state index contributed by atoms with van der Waals surface area (Å²) in [7, 11) is 2.44. The molecular weight excluding hydrogens is 434 g/mol. The van der Waals surface area contributed by atoms with Crippen molar-refractivity contribution in [3.05, 3.63) is 34.0 Å². The van der Waals surface area contributed by atoms with Gasteiger partial charge in [0, 0.05) is 25.0 Å². The fraction of sp³-hybridized carbons (Fsp3) is 0.400. The number of methoxy groups -OCH3 is 1. The van der Waals surface area contributed by atoms with Crippen LogP contribution in [0.25, 0.3) is 11.4 Å². The summed E-state index contributed by atoms with van der Waals surface area (Å²) in [6, 6.07) is 0. The highest BCUT2D eigenvalue weighted by Gasteiger charge is 2.57. The molecule has 0 amide bonds. The smallest absolute Gasteiger partial charge is 0.455 e. The molecule has 7 nitrogen and oxygen atoms in total. The van der Waals surface area contributed by atoms with Crippen molar-refractivity contribution < 1.29 is 39.9 Å². The van der Waals surface area contributed by atoms with Gasteiger partial charge in [0.15, 0.2) is 5.69 Å². The summed E-state index contributed by atoms with van der Waals surface area (Å²) in [4.78, 5) is 16.0. The van der Waals surface area contributed by atoms with Crippen molar-refractivity contribution in [2.75, 3.05) is 13.7 Å². The standard InChI is InChI=1S/C15H13F8N5O2/c1-27-8(30-2)5-28-11(29)9(10(14(18,19)20)26-12(27)28)7(3-24)4-25-6-13(16,17)15(21,22)23/h3-5,24-25H,6H2,1-2H3/b7-4+,24-3?. The summed E-state index contributed by atoms with van der Waals surface area (Å²) in [5.41, 5.74) is -5.22. The zero-order valence-electron chi connectivity index (χ0n) is 15.1. The van der Waals surface area contributed by atoms with Crippen LogP contribution in [0, 0.1) is 5.41 Å². The Balaban J connectivity index is 2.66. The van der Waals surface area contributed by atoms with Crippen molar-refractivity contribution in [2.45, 2.75) is 18.3 Å². The normalized spacial score (nSPS) is 13.6. The third kappa shape index (κ3) is 4.09. The van der Waals surface area contributed by atoms with Crippen LogP contribution in [0.2, 0.25) is 0 Å². The highest BCUT2D eigenvalue weighted by Crippen LogP contribution is 2.35. The molecule has 0 aliphatic carbocycles. The lowest BCUT2D eigenvalue weighted by Crippen LogP contribution is -2.44. The van der Waals surface area contributed by atoms with Gasteiger partial charge in [-0.2, -0.15) is 35.1 Å². The van der Waals surface area contributed by atoms with Gasteiger partial charge in [-0.05, 0) is 0 Å². The zero-order valence-corrected chi connectivity index (χ0v) is 15.1. The fourth-order valence-corrected chi connectivity index (χ4v) is 2.40. The summed E-state index contributed by atoms with van der Waals surface area (Å²) >= 11 is 0. The average Bonchev–Trinajstić information content (AvgIpc) is 2.94. The molecule has 166 valence electrons. The molecule has 0 saturated carbocycles. The van der Waals surface area contributed by atoms with E-state index in [4.69, 9.17) is 10.1 Å². The van der Waals surface area contributed by atoms with E-state index in [1.165, 1.54) is 19.5 Å². The maximum atomic E-state index is 13.5. The minimum Gasteiger partial charge on any atom is -0.481 e. The summed E-state index contributed by atoms with van der Waals surface area (Å²) in [5.74, 6) is -5.73. The Hall–Kier alpha value is -3.13. The predicted octanol–water partition coefficient (Wildman–Crippen LogP) is 2.84. The van der Waals surface area contributed by atoms with Crippen molar-refractivity contribution in [3.63, 3.8) is 0 Å². The second-order valence-corrected chi connectivity index (χ2v) is 5.87. The van der Waals surface area contributed by atoms with Crippen LogP contribution in [0.5, 0.6) is 5.88 Å². The van der Waals surface area contributed by atoms with Crippen LogP contribution in [0.1, 0.15) is 11.3 Å². The first-order valence-electron chi connectivity index (χ1n) is 7.78. The van der Waals surface area contributed by atoms with Gasteiger partial charge in [0.2, 0.25) is 11.7 Å². The van der Waals surface area contributed by atoms with E-state index >= 15 is 0 Å². The molecule has 0 saturated heterocycles. The number of nitrogens with zero attached hydrogens (tertiary/aromatic N) is 3. The van der Waals surface area contributed by atoms with Gasteiger partial charge < -0.3 is 15.5 Å². The van der Waals surface area contributed by atoms with Crippen molar-refractivity contribution in [1.82, 2.24) is 19.3 Å². The fourth-order valence-electron chi connectivity index (χ4n) is 2.40. The molecule has 15 heteroatoms. The van der Waals surface area contributed by atoms with Gasteiger partial charge >= 0.3 is 18.3 Å². The third-order valence-electron chi connectivity index (χ3n) is 3.89. The van der Waals surface area contributed by atoms with Gasteiger partial charge in [-0.25, -0.2) is 9.38 Å². The predicted molar refractivity (Wildman–Crippen MR) is 87.8 cm³/mol. The Labute approximate surface area is 162 Å². The molecule has 0 spiro atoms. The van der Waals surface area contributed by atoms with Crippen LogP contribution in [-0.2, 0) is 13.2 Å². The first-order valence-corrected chi connectivity index (χ1v) is 7.78. The van der Waals surface area contributed by atoms with Gasteiger partial charge in [0.25, 0.3) is 5.56 Å². The molecule has 0 aliphatic heterocycles. The van der Waals surface area contributed by atoms with E-state index in [1.54, 1.807) is 0 Å². The third-order valence-corrected chi connectivity index (χ3v) is 3.89. The average molecular weight is 447 g/mol. The van der Waals surface area contributed by atoms with Gasteiger partial charge in [0.05, 0.1) is 25.4 Å². The Morgan fingerprint density at radius 1 is 1.23 bits per heavy atom. The quantitative estimate of drug-likeness (QED) is 0.527. The number of fused-ring (bicyclic) bond motifs is 1. The van der Waals surface area contributed by atoms with Crippen LogP contribution >= 0.6 is 0 Å². The SMILES string of the molecule is COc1cn2c(=O)c(/C(C=N)=C/NCC(F)(F)C(F)(F)F)c(C(F)(F)F)nc2n1C. The number of alkyl halides is 8. The number of imidazole rings is 1. The van der Waals surface area contributed by atoms with Crippen LogP contribution in [-0.4, -0.2) is 45.9 Å². The lowest BCUT2D eigenvalue weighted by Gasteiger charge is -2.19. The minimum atomic E-state index is -5.91. The van der Waals surface area contributed by atoms with E-state index < -0.39 is 53.0 Å². The lowest BCUT2D eigenvalue weighted by atomic mass is 10.1. The topological polar surface area (TPSA) is 84.4 Å². The molecule has 0 unspecified atom stereocenters. The van der Waals surface area contributed by atoms with E-state index in [0.717, 1.165) is 10.8 Å². The Morgan fingerprint density at radius 2 is 1.83 bits per heavy atom.